The van der Waals surface area contributed by atoms with Crippen LogP contribution < -0.4 is 4.31 Å². The number of nitrogens with zero attached hydrogens (tertiary/aromatic N) is 1. The molecule has 6 nitrogen and oxygen atoms in total. The number of carbonyl (C=O) groups excluding carboxylic acids is 2. The number of hydrogen-bond donors (Lipinski definition) is 0. The number of carbonyl (C=O) groups is 2. The molecule has 1 aliphatic rings. The lowest BCUT2D eigenvalue weighted by Gasteiger charge is -2.24. The van der Waals surface area contributed by atoms with Crippen molar-refractivity contribution in [1.82, 2.24) is 0 Å². The number of esters is 1. The Morgan fingerprint density at radius 3 is 2.48 bits per heavy atom. The van der Waals surface area contributed by atoms with Crippen LogP contribution in [0.1, 0.15) is 22.3 Å². The molecule has 0 bridgehead atoms. The lowest BCUT2D eigenvalue weighted by atomic mass is 9.95. The number of Topliss-reactive ketones (excluding diaryl/α,β-unsaturated/α-hetero) is 1. The van der Waals surface area contributed by atoms with E-state index >= 15 is 0 Å². The maximum Gasteiger partial charge on any atom is 0.316 e. The molecule has 2 aromatic rings. The van der Waals surface area contributed by atoms with Gasteiger partial charge in [0, 0.05) is 17.1 Å². The number of anilines is 1. The van der Waals surface area contributed by atoms with E-state index < -0.39 is 27.7 Å². The highest BCUT2D eigenvalue weighted by Crippen LogP contribution is 2.35. The van der Waals surface area contributed by atoms with Crippen molar-refractivity contribution in [3.05, 3.63) is 58.6 Å². The van der Waals surface area contributed by atoms with Crippen molar-refractivity contribution in [3.8, 4) is 0 Å². The number of fused-ring (bicyclic) bond motifs is 1. The van der Waals surface area contributed by atoms with Gasteiger partial charge in [-0.1, -0.05) is 29.3 Å². The third-order valence-corrected chi connectivity index (χ3v) is 6.59. The van der Waals surface area contributed by atoms with Crippen LogP contribution in [-0.2, 0) is 19.6 Å². The van der Waals surface area contributed by atoms with Crippen LogP contribution in [0.25, 0.3) is 0 Å². The average Bonchev–Trinajstić information content (AvgIpc) is 2.78. The fourth-order valence-corrected chi connectivity index (χ4v) is 4.72. The van der Waals surface area contributed by atoms with E-state index in [-0.39, 0.29) is 29.1 Å². The van der Waals surface area contributed by atoms with Crippen LogP contribution in [0.15, 0.2) is 47.4 Å². The molecule has 0 saturated carbocycles. The molecule has 1 aliphatic heterocycles. The van der Waals surface area contributed by atoms with E-state index in [1.165, 1.54) is 37.4 Å². The number of sulfonamides is 1. The van der Waals surface area contributed by atoms with Crippen molar-refractivity contribution in [2.24, 2.45) is 5.92 Å². The quantitative estimate of drug-likeness (QED) is 0.576. The monoisotopic (exact) mass is 407 g/mol. The zero-order valence-corrected chi connectivity index (χ0v) is 16.4. The van der Waals surface area contributed by atoms with E-state index in [0.29, 0.717) is 5.02 Å². The molecular formula is C19H18ClNO5S. The summed E-state index contributed by atoms with van der Waals surface area (Å²) >= 11 is 6.06. The van der Waals surface area contributed by atoms with E-state index in [2.05, 4.69) is 0 Å². The molecule has 0 aliphatic carbocycles. The number of ketones is 1. The maximum atomic E-state index is 13.2. The highest BCUT2D eigenvalue weighted by molar-refractivity contribution is 7.92. The molecule has 27 heavy (non-hydrogen) atoms. The second kappa shape index (κ2) is 7.32. The Hall–Kier alpha value is -2.38. The summed E-state index contributed by atoms with van der Waals surface area (Å²) in [6.45, 7) is 1.81. The van der Waals surface area contributed by atoms with Gasteiger partial charge in [0.05, 0.1) is 17.7 Å². The summed E-state index contributed by atoms with van der Waals surface area (Å²) in [6, 6.07) is 10.8. The van der Waals surface area contributed by atoms with Gasteiger partial charge in [-0.15, -0.1) is 0 Å². The summed E-state index contributed by atoms with van der Waals surface area (Å²) in [4.78, 5) is 25.0. The highest BCUT2D eigenvalue weighted by Gasteiger charge is 2.38. The number of ether oxygens (including phenoxy) is 1. The standard InChI is InChI=1S/C19H18ClNO5S/c1-12-3-6-14(7-4-12)27(24,25)21-10-9-16(19(23)26-2)18(22)15-8-5-13(20)11-17(15)21/h3-8,11,16H,9-10H2,1-2H3. The van der Waals surface area contributed by atoms with Crippen molar-refractivity contribution < 1.29 is 22.7 Å². The minimum absolute atomic E-state index is 0.0168. The third kappa shape index (κ3) is 3.57. The van der Waals surface area contributed by atoms with Gasteiger partial charge in [0.2, 0.25) is 0 Å². The largest absolute Gasteiger partial charge is 0.468 e. The fraction of sp³-hybridized carbons (Fsp3) is 0.263. The van der Waals surface area contributed by atoms with E-state index in [4.69, 9.17) is 16.3 Å². The van der Waals surface area contributed by atoms with Gasteiger partial charge in [0.1, 0.15) is 5.92 Å². The predicted octanol–water partition coefficient (Wildman–Crippen LogP) is 3.22. The summed E-state index contributed by atoms with van der Waals surface area (Å²) in [5, 5.41) is 0.294. The van der Waals surface area contributed by atoms with Gasteiger partial charge in [0.15, 0.2) is 5.78 Å². The molecule has 0 aromatic heterocycles. The number of aryl methyl sites for hydroxylation is 1. The molecule has 0 amide bonds. The third-order valence-electron chi connectivity index (χ3n) is 4.53. The average molecular weight is 408 g/mol. The van der Waals surface area contributed by atoms with E-state index in [1.807, 2.05) is 6.92 Å². The molecule has 0 N–H and O–H groups in total. The smallest absolute Gasteiger partial charge is 0.316 e. The summed E-state index contributed by atoms with van der Waals surface area (Å²) < 4.78 is 32.3. The van der Waals surface area contributed by atoms with Gasteiger partial charge in [-0.25, -0.2) is 8.42 Å². The lowest BCUT2D eigenvalue weighted by molar-refractivity contribution is -0.143. The van der Waals surface area contributed by atoms with Crippen LogP contribution in [0.3, 0.4) is 0 Å². The summed E-state index contributed by atoms with van der Waals surface area (Å²) in [6.07, 6.45) is 0.0168. The molecule has 1 heterocycles. The normalized spacial score (nSPS) is 17.2. The van der Waals surface area contributed by atoms with E-state index in [0.717, 1.165) is 9.87 Å². The number of halogens is 1. The maximum absolute atomic E-state index is 13.2. The van der Waals surface area contributed by atoms with Crippen molar-refractivity contribution >= 4 is 39.1 Å². The molecule has 8 heteroatoms. The van der Waals surface area contributed by atoms with Crippen molar-refractivity contribution in [2.45, 2.75) is 18.2 Å². The molecule has 1 unspecified atom stereocenters. The molecule has 0 spiro atoms. The SMILES string of the molecule is COC(=O)C1CCN(S(=O)(=O)c2ccc(C)cc2)c2cc(Cl)ccc2C1=O. The topological polar surface area (TPSA) is 80.8 Å². The van der Waals surface area contributed by atoms with Crippen LogP contribution in [0, 0.1) is 12.8 Å². The minimum atomic E-state index is -3.94. The van der Waals surface area contributed by atoms with Crippen LogP contribution >= 0.6 is 11.6 Å². The molecule has 0 saturated heterocycles. The molecule has 2 aromatic carbocycles. The van der Waals surface area contributed by atoms with Crippen molar-refractivity contribution in [1.29, 1.82) is 0 Å². The Bertz CT molecular complexity index is 1000. The Morgan fingerprint density at radius 2 is 1.85 bits per heavy atom. The number of benzene rings is 2. The fourth-order valence-electron chi connectivity index (χ4n) is 3.06. The Kier molecular flexibility index (Phi) is 5.26. The zero-order valence-electron chi connectivity index (χ0n) is 14.8. The second-order valence-electron chi connectivity index (χ2n) is 6.28. The molecule has 142 valence electrons. The highest BCUT2D eigenvalue weighted by atomic mass is 35.5. The number of methoxy groups -OCH3 is 1. The first-order valence-electron chi connectivity index (χ1n) is 8.26. The molecule has 3 rings (SSSR count). The van der Waals surface area contributed by atoms with Crippen molar-refractivity contribution in [2.75, 3.05) is 18.0 Å². The first kappa shape index (κ1) is 19.4. The summed E-state index contributed by atoms with van der Waals surface area (Å²) in [7, 11) is -2.74. The van der Waals surface area contributed by atoms with Gasteiger partial charge in [-0.3, -0.25) is 13.9 Å². The zero-order chi connectivity index (χ0) is 19.8. The van der Waals surface area contributed by atoms with E-state index in [1.54, 1.807) is 12.1 Å². The molecular weight excluding hydrogens is 390 g/mol. The Balaban J connectivity index is 2.15. The first-order chi connectivity index (χ1) is 12.8. The van der Waals surface area contributed by atoms with Crippen LogP contribution in [-0.4, -0.2) is 33.8 Å². The Labute approximate surface area is 162 Å². The van der Waals surface area contributed by atoms with Crippen molar-refractivity contribution in [3.63, 3.8) is 0 Å². The summed E-state index contributed by atoms with van der Waals surface area (Å²) in [5.74, 6) is -2.22. The van der Waals surface area contributed by atoms with Gasteiger partial charge in [0.25, 0.3) is 10.0 Å². The van der Waals surface area contributed by atoms with Crippen LogP contribution in [0.4, 0.5) is 5.69 Å². The summed E-state index contributed by atoms with van der Waals surface area (Å²) in [5.41, 5.74) is 1.22. The van der Waals surface area contributed by atoms with Crippen LogP contribution in [0.5, 0.6) is 0 Å². The van der Waals surface area contributed by atoms with Gasteiger partial charge >= 0.3 is 5.97 Å². The molecule has 1 atom stereocenters. The number of rotatable bonds is 3. The van der Waals surface area contributed by atoms with Crippen LogP contribution in [0.2, 0.25) is 5.02 Å². The van der Waals surface area contributed by atoms with Gasteiger partial charge in [-0.05, 0) is 43.7 Å². The molecule has 0 fully saturated rings. The number of hydrogen-bond acceptors (Lipinski definition) is 5. The van der Waals surface area contributed by atoms with Gasteiger partial charge < -0.3 is 4.74 Å². The Morgan fingerprint density at radius 1 is 1.19 bits per heavy atom. The predicted molar refractivity (Wildman–Crippen MR) is 102 cm³/mol. The van der Waals surface area contributed by atoms with E-state index in [9.17, 15) is 18.0 Å². The molecule has 0 radical (unpaired) electrons. The minimum Gasteiger partial charge on any atom is -0.468 e. The van der Waals surface area contributed by atoms with Gasteiger partial charge in [-0.2, -0.15) is 0 Å². The second-order valence-corrected chi connectivity index (χ2v) is 8.58. The lowest BCUT2D eigenvalue weighted by Crippen LogP contribution is -2.33. The first-order valence-corrected chi connectivity index (χ1v) is 10.1.